The number of anilines is 1. The smallest absolute Gasteiger partial charge is 0.257 e. The molecule has 0 saturated carbocycles. The molecule has 0 spiro atoms. The molecule has 3 heterocycles. The molecule has 2 aliphatic heterocycles. The molecular weight excluding hydrogens is 412 g/mol. The molecule has 2 atom stereocenters. The number of hydrogen-bond donors (Lipinski definition) is 3. The fourth-order valence-electron chi connectivity index (χ4n) is 4.99. The van der Waals surface area contributed by atoms with E-state index in [1.807, 2.05) is 48.4 Å². The van der Waals surface area contributed by atoms with Crippen LogP contribution in [0.3, 0.4) is 0 Å². The molecule has 0 radical (unpaired) electrons. The number of fused-ring (bicyclic) bond motifs is 3. The second kappa shape index (κ2) is 8.01. The first-order chi connectivity index (χ1) is 15.3. The predicted octanol–water partition coefficient (Wildman–Crippen LogP) is 3.95. The highest BCUT2D eigenvalue weighted by Gasteiger charge is 2.40. The molecule has 1 saturated heterocycles. The predicted molar refractivity (Wildman–Crippen MR) is 122 cm³/mol. The number of hydrogen-bond acceptors (Lipinski definition) is 5. The standard InChI is InChI=1S/C24H29F2N5O/c1-14-8-19-17(6-7-21-20(19)12-28-30-21)23(31(14)13-24(2,25)26)18-5-4-15(9-22(18)32-3)29-16-10-27-11-16/h4-7,9,12,14,16,23,27,29H,8,10-11,13H2,1-3H3,(H,28,30)/t14?,23-/m0/s1. The summed E-state index contributed by atoms with van der Waals surface area (Å²) in [5, 5.41) is 15.0. The van der Waals surface area contributed by atoms with E-state index in [9.17, 15) is 8.78 Å². The number of aromatic nitrogens is 2. The number of nitrogens with zero attached hydrogens (tertiary/aromatic N) is 2. The Morgan fingerprint density at radius 1 is 1.22 bits per heavy atom. The third-order valence-electron chi connectivity index (χ3n) is 6.60. The van der Waals surface area contributed by atoms with Gasteiger partial charge in [0.25, 0.3) is 5.92 Å². The molecule has 5 rings (SSSR count). The van der Waals surface area contributed by atoms with E-state index in [-0.39, 0.29) is 18.6 Å². The molecule has 3 N–H and O–H groups in total. The summed E-state index contributed by atoms with van der Waals surface area (Å²) in [4.78, 5) is 1.91. The summed E-state index contributed by atoms with van der Waals surface area (Å²) in [5.74, 6) is -2.11. The van der Waals surface area contributed by atoms with E-state index >= 15 is 0 Å². The third kappa shape index (κ3) is 3.82. The summed E-state index contributed by atoms with van der Waals surface area (Å²) < 4.78 is 34.3. The van der Waals surface area contributed by atoms with E-state index < -0.39 is 5.92 Å². The summed E-state index contributed by atoms with van der Waals surface area (Å²) in [6, 6.07) is 10.0. The van der Waals surface area contributed by atoms with Gasteiger partial charge < -0.3 is 15.4 Å². The lowest BCUT2D eigenvalue weighted by molar-refractivity contribution is -0.0364. The minimum Gasteiger partial charge on any atom is -0.496 e. The molecule has 0 amide bonds. The molecule has 1 fully saturated rings. The van der Waals surface area contributed by atoms with Crippen molar-refractivity contribution in [1.82, 2.24) is 20.4 Å². The number of H-pyrrole nitrogens is 1. The van der Waals surface area contributed by atoms with Gasteiger partial charge in [0, 0.05) is 48.8 Å². The third-order valence-corrected chi connectivity index (χ3v) is 6.60. The fraction of sp³-hybridized carbons (Fsp3) is 0.458. The molecule has 0 aliphatic carbocycles. The highest BCUT2D eigenvalue weighted by atomic mass is 19.3. The molecule has 170 valence electrons. The normalized spacial score (nSPS) is 21.9. The number of rotatable bonds is 6. The minimum atomic E-state index is -2.81. The van der Waals surface area contributed by atoms with Gasteiger partial charge in [-0.1, -0.05) is 12.1 Å². The molecule has 2 aliphatic rings. The Balaban J connectivity index is 1.62. The van der Waals surface area contributed by atoms with Crippen LogP contribution in [0.5, 0.6) is 5.75 Å². The van der Waals surface area contributed by atoms with E-state index in [4.69, 9.17) is 4.74 Å². The van der Waals surface area contributed by atoms with Crippen molar-refractivity contribution >= 4 is 16.6 Å². The maximum Gasteiger partial charge on any atom is 0.257 e. The van der Waals surface area contributed by atoms with Crippen LogP contribution in [0, 0.1) is 0 Å². The van der Waals surface area contributed by atoms with Gasteiger partial charge in [0.2, 0.25) is 0 Å². The van der Waals surface area contributed by atoms with E-state index in [2.05, 4.69) is 20.8 Å². The quantitative estimate of drug-likeness (QED) is 0.541. The van der Waals surface area contributed by atoms with Crippen molar-refractivity contribution in [3.63, 3.8) is 0 Å². The Kier molecular flexibility index (Phi) is 5.29. The van der Waals surface area contributed by atoms with Crippen molar-refractivity contribution in [3.05, 3.63) is 53.2 Å². The topological polar surface area (TPSA) is 65.2 Å². The zero-order valence-corrected chi connectivity index (χ0v) is 18.6. The van der Waals surface area contributed by atoms with Crippen LogP contribution in [0.15, 0.2) is 36.5 Å². The van der Waals surface area contributed by atoms with Crippen LogP contribution in [0.25, 0.3) is 10.9 Å². The van der Waals surface area contributed by atoms with Crippen LogP contribution in [0.1, 0.15) is 36.6 Å². The number of nitrogens with one attached hydrogen (secondary N) is 3. The second-order valence-corrected chi connectivity index (χ2v) is 9.12. The number of benzene rings is 2. The van der Waals surface area contributed by atoms with E-state index in [1.54, 1.807) is 7.11 Å². The molecule has 6 nitrogen and oxygen atoms in total. The van der Waals surface area contributed by atoms with Crippen LogP contribution in [-0.2, 0) is 6.42 Å². The SMILES string of the molecule is COc1cc(NC2CNC2)ccc1[C@@H]1c2ccc3[nH]ncc3c2CC(C)N1CC(C)(F)F. The van der Waals surface area contributed by atoms with Crippen molar-refractivity contribution in [1.29, 1.82) is 0 Å². The fourth-order valence-corrected chi connectivity index (χ4v) is 4.99. The highest BCUT2D eigenvalue weighted by molar-refractivity contribution is 5.83. The van der Waals surface area contributed by atoms with Crippen molar-refractivity contribution in [2.24, 2.45) is 0 Å². The Morgan fingerprint density at radius 2 is 2.00 bits per heavy atom. The first kappa shape index (κ1) is 21.2. The average molecular weight is 442 g/mol. The van der Waals surface area contributed by atoms with Crippen molar-refractivity contribution in [3.8, 4) is 5.75 Å². The molecule has 32 heavy (non-hydrogen) atoms. The molecule has 8 heteroatoms. The number of alkyl halides is 2. The van der Waals surface area contributed by atoms with Gasteiger partial charge >= 0.3 is 0 Å². The second-order valence-electron chi connectivity index (χ2n) is 9.12. The average Bonchev–Trinajstić information content (AvgIpc) is 3.20. The van der Waals surface area contributed by atoms with Crippen molar-refractivity contribution in [2.75, 3.05) is 32.1 Å². The van der Waals surface area contributed by atoms with Crippen LogP contribution < -0.4 is 15.4 Å². The first-order valence-electron chi connectivity index (χ1n) is 11.1. The maximum atomic E-state index is 14.3. The zero-order valence-electron chi connectivity index (χ0n) is 18.6. The Hall–Kier alpha value is -2.71. The monoisotopic (exact) mass is 441 g/mol. The number of aromatic amines is 1. The van der Waals surface area contributed by atoms with Gasteiger partial charge in [0.05, 0.1) is 37.5 Å². The van der Waals surface area contributed by atoms with Crippen LogP contribution in [0.4, 0.5) is 14.5 Å². The van der Waals surface area contributed by atoms with Gasteiger partial charge in [-0.25, -0.2) is 8.78 Å². The molecule has 1 unspecified atom stereocenters. The lowest BCUT2D eigenvalue weighted by atomic mass is 9.83. The minimum absolute atomic E-state index is 0.0672. The van der Waals surface area contributed by atoms with E-state index in [0.29, 0.717) is 18.2 Å². The summed E-state index contributed by atoms with van der Waals surface area (Å²) in [6.07, 6.45) is 2.52. The molecule has 1 aromatic heterocycles. The van der Waals surface area contributed by atoms with E-state index in [0.717, 1.165) is 53.3 Å². The van der Waals surface area contributed by atoms with Crippen LogP contribution in [-0.4, -0.2) is 59.8 Å². The summed E-state index contributed by atoms with van der Waals surface area (Å²) >= 11 is 0. The van der Waals surface area contributed by atoms with E-state index in [1.165, 1.54) is 0 Å². The highest BCUT2D eigenvalue weighted by Crippen LogP contribution is 2.44. The van der Waals surface area contributed by atoms with Crippen LogP contribution >= 0.6 is 0 Å². The number of halogens is 2. The Morgan fingerprint density at radius 3 is 2.69 bits per heavy atom. The number of ether oxygens (including phenoxy) is 1. The van der Waals surface area contributed by atoms with Crippen molar-refractivity contribution < 1.29 is 13.5 Å². The maximum absolute atomic E-state index is 14.3. The first-order valence-corrected chi connectivity index (χ1v) is 11.1. The van der Waals surface area contributed by atoms with Gasteiger partial charge in [-0.3, -0.25) is 10.00 Å². The van der Waals surface area contributed by atoms with Gasteiger partial charge in [-0.2, -0.15) is 5.10 Å². The van der Waals surface area contributed by atoms with Gasteiger partial charge in [-0.05, 0) is 36.6 Å². The van der Waals surface area contributed by atoms with Crippen molar-refractivity contribution in [2.45, 2.75) is 44.3 Å². The Labute approximate surface area is 186 Å². The van der Waals surface area contributed by atoms with Gasteiger partial charge in [0.15, 0.2) is 0 Å². The lowest BCUT2D eigenvalue weighted by Crippen LogP contribution is -2.51. The summed E-state index contributed by atoms with van der Waals surface area (Å²) in [6.45, 7) is 4.54. The Bertz CT molecular complexity index is 1120. The summed E-state index contributed by atoms with van der Waals surface area (Å²) in [7, 11) is 1.64. The molecule has 3 aromatic rings. The lowest BCUT2D eigenvalue weighted by Gasteiger charge is -2.43. The van der Waals surface area contributed by atoms with Gasteiger partial charge in [0.1, 0.15) is 5.75 Å². The molecule has 2 aromatic carbocycles. The zero-order chi connectivity index (χ0) is 22.5. The number of methoxy groups -OCH3 is 1. The molecule has 0 bridgehead atoms. The van der Waals surface area contributed by atoms with Crippen LogP contribution in [0.2, 0.25) is 0 Å². The molecular formula is C24H29F2N5O. The van der Waals surface area contributed by atoms with Gasteiger partial charge in [-0.15, -0.1) is 0 Å². The summed E-state index contributed by atoms with van der Waals surface area (Å²) in [5.41, 5.74) is 5.02. The largest absolute Gasteiger partial charge is 0.496 e.